The van der Waals surface area contributed by atoms with Gasteiger partial charge in [0.2, 0.25) is 0 Å². The van der Waals surface area contributed by atoms with Gasteiger partial charge in [-0.15, -0.1) is 0 Å². The minimum atomic E-state index is -1.28. The maximum absolute atomic E-state index is 11.9. The minimum absolute atomic E-state index is 0.118. The lowest BCUT2D eigenvalue weighted by atomic mass is 9.80. The highest BCUT2D eigenvalue weighted by molar-refractivity contribution is 5.66. The van der Waals surface area contributed by atoms with Crippen molar-refractivity contribution in [2.45, 2.75) is 134 Å². The molecule has 0 spiro atoms. The highest BCUT2D eigenvalue weighted by Gasteiger charge is 2.49. The van der Waals surface area contributed by atoms with Gasteiger partial charge in [0.15, 0.2) is 31.1 Å². The van der Waals surface area contributed by atoms with Crippen LogP contribution in [0.3, 0.4) is 0 Å². The molecule has 0 aliphatic carbocycles. The number of ether oxygens (including phenoxy) is 8. The van der Waals surface area contributed by atoms with Crippen molar-refractivity contribution < 1.29 is 62.8 Å². The van der Waals surface area contributed by atoms with Crippen LogP contribution in [0.4, 0.5) is 0 Å². The van der Waals surface area contributed by atoms with E-state index in [1.165, 1.54) is 13.8 Å². The van der Waals surface area contributed by atoms with Crippen molar-refractivity contribution in [2.75, 3.05) is 13.7 Å². The lowest BCUT2D eigenvalue weighted by Gasteiger charge is -2.47. The fraction of sp³-hybridized carbons (Fsp3) is 0.923. The maximum atomic E-state index is 11.9. The van der Waals surface area contributed by atoms with Gasteiger partial charge in [0.1, 0.15) is 6.10 Å². The van der Waals surface area contributed by atoms with Gasteiger partial charge < -0.3 is 53.2 Å². The normalized spacial score (nSPS) is 41.6. The summed E-state index contributed by atoms with van der Waals surface area (Å²) in [5.74, 6) is -1.35. The molecule has 3 saturated heterocycles. The van der Waals surface area contributed by atoms with Crippen LogP contribution < -0.4 is 0 Å². The molecule has 3 N–H and O–H groups in total. The second kappa shape index (κ2) is 13.5. The fourth-order valence-electron chi connectivity index (χ4n) is 5.34. The Morgan fingerprint density at radius 1 is 0.821 bits per heavy atom. The molecule has 3 rings (SSSR count). The molecule has 0 amide bonds. The molecule has 13 nitrogen and oxygen atoms in total. The smallest absolute Gasteiger partial charge is 0.303 e. The number of hydrogen-bond donors (Lipinski definition) is 3. The van der Waals surface area contributed by atoms with Gasteiger partial charge in [0, 0.05) is 39.7 Å². The van der Waals surface area contributed by atoms with E-state index in [1.807, 2.05) is 13.8 Å². The SMILES string of the molecule is COC(C)(C)C1CC(OC(C)=O)C(OC2CC(O)C(OC3CC(OC(C)=O)C(O)OC3C)OC2C)OC1CO. The van der Waals surface area contributed by atoms with Gasteiger partial charge in [-0.25, -0.2) is 0 Å². The first-order chi connectivity index (χ1) is 18.2. The summed E-state index contributed by atoms with van der Waals surface area (Å²) in [5, 5.41) is 31.0. The Bertz CT molecular complexity index is 822. The van der Waals surface area contributed by atoms with Crippen LogP contribution in [0.2, 0.25) is 0 Å². The molecule has 0 bridgehead atoms. The van der Waals surface area contributed by atoms with Crippen LogP contribution in [0.25, 0.3) is 0 Å². The van der Waals surface area contributed by atoms with Crippen molar-refractivity contribution in [3.8, 4) is 0 Å². The standard InChI is InChI=1S/C26H44O13/c1-12-19(10-20(23(31)33-12)35-14(3)28)37-24-17(30)9-18(13(2)34-24)38-25-21(36-15(4)29)8-16(22(11-27)39-25)26(5,6)32-7/h12-13,16-25,27,30-31H,8-11H2,1-7H3. The van der Waals surface area contributed by atoms with Gasteiger partial charge in [0.25, 0.3) is 0 Å². The largest absolute Gasteiger partial charge is 0.457 e. The molecule has 13 heteroatoms. The van der Waals surface area contributed by atoms with Crippen molar-refractivity contribution in [2.24, 2.45) is 5.92 Å². The lowest BCUT2D eigenvalue weighted by molar-refractivity contribution is -0.341. The first-order valence-electron chi connectivity index (χ1n) is 13.4. The van der Waals surface area contributed by atoms with E-state index in [9.17, 15) is 24.9 Å². The molecule has 3 fully saturated rings. The first-order valence-corrected chi connectivity index (χ1v) is 13.4. The van der Waals surface area contributed by atoms with E-state index < -0.39 is 85.2 Å². The van der Waals surface area contributed by atoms with Crippen molar-refractivity contribution >= 4 is 11.9 Å². The van der Waals surface area contributed by atoms with Crippen molar-refractivity contribution in [1.29, 1.82) is 0 Å². The van der Waals surface area contributed by atoms with Crippen LogP contribution in [0.15, 0.2) is 0 Å². The number of rotatable bonds is 9. The molecule has 0 saturated carbocycles. The molecule has 0 aromatic heterocycles. The number of carbonyl (C=O) groups is 2. The van der Waals surface area contributed by atoms with Crippen LogP contribution in [-0.2, 0) is 47.5 Å². The topological polar surface area (TPSA) is 169 Å². The molecule has 12 unspecified atom stereocenters. The average molecular weight is 565 g/mol. The summed E-state index contributed by atoms with van der Waals surface area (Å²) in [6, 6.07) is 0. The van der Waals surface area contributed by atoms with Gasteiger partial charge in [-0.1, -0.05) is 0 Å². The van der Waals surface area contributed by atoms with Crippen LogP contribution in [0.1, 0.15) is 60.8 Å². The molecular weight excluding hydrogens is 520 g/mol. The van der Waals surface area contributed by atoms with E-state index in [0.29, 0.717) is 6.42 Å². The third-order valence-electron chi connectivity index (χ3n) is 7.72. The Labute approximate surface area is 228 Å². The van der Waals surface area contributed by atoms with E-state index in [-0.39, 0.29) is 25.4 Å². The maximum Gasteiger partial charge on any atom is 0.303 e. The van der Waals surface area contributed by atoms with Gasteiger partial charge >= 0.3 is 11.9 Å². The van der Waals surface area contributed by atoms with Gasteiger partial charge in [-0.2, -0.15) is 0 Å². The zero-order chi connectivity index (χ0) is 29.1. The molecule has 12 atom stereocenters. The quantitative estimate of drug-likeness (QED) is 0.329. The first kappa shape index (κ1) is 32.1. The second-order valence-corrected chi connectivity index (χ2v) is 11.0. The second-order valence-electron chi connectivity index (χ2n) is 11.0. The zero-order valence-electron chi connectivity index (χ0n) is 23.7. The van der Waals surface area contributed by atoms with Crippen molar-refractivity contribution in [3.63, 3.8) is 0 Å². The summed E-state index contributed by atoms with van der Waals surface area (Å²) in [5.41, 5.74) is -0.663. The number of hydrogen-bond acceptors (Lipinski definition) is 13. The predicted octanol–water partition coefficient (Wildman–Crippen LogP) is 0.392. The van der Waals surface area contributed by atoms with E-state index in [0.717, 1.165) is 0 Å². The van der Waals surface area contributed by atoms with Crippen molar-refractivity contribution in [3.05, 3.63) is 0 Å². The van der Waals surface area contributed by atoms with Gasteiger partial charge in [-0.05, 0) is 34.1 Å². The highest BCUT2D eigenvalue weighted by atomic mass is 16.7. The van der Waals surface area contributed by atoms with E-state index in [4.69, 9.17) is 37.9 Å². The monoisotopic (exact) mass is 564 g/mol. The summed E-state index contributed by atoms with van der Waals surface area (Å²) in [6.07, 6.45) is -8.50. The summed E-state index contributed by atoms with van der Waals surface area (Å²) in [6.45, 7) is 9.44. The Kier molecular flexibility index (Phi) is 11.1. The summed E-state index contributed by atoms with van der Waals surface area (Å²) in [7, 11) is 1.57. The molecule has 0 aromatic carbocycles. The Morgan fingerprint density at radius 2 is 1.38 bits per heavy atom. The minimum Gasteiger partial charge on any atom is -0.457 e. The van der Waals surface area contributed by atoms with E-state index in [2.05, 4.69) is 0 Å². The number of esters is 2. The predicted molar refractivity (Wildman–Crippen MR) is 132 cm³/mol. The molecule has 226 valence electrons. The van der Waals surface area contributed by atoms with Gasteiger partial charge in [0.05, 0.1) is 42.7 Å². The Balaban J connectivity index is 1.65. The Hall–Kier alpha value is -1.42. The van der Waals surface area contributed by atoms with Crippen LogP contribution in [-0.4, -0.2) is 114 Å². The molecule has 0 aromatic rings. The number of carbonyl (C=O) groups excluding carboxylic acids is 2. The van der Waals surface area contributed by atoms with Crippen LogP contribution >= 0.6 is 0 Å². The summed E-state index contributed by atoms with van der Waals surface area (Å²) >= 11 is 0. The Morgan fingerprint density at radius 3 is 1.97 bits per heavy atom. The highest BCUT2D eigenvalue weighted by Crippen LogP contribution is 2.38. The summed E-state index contributed by atoms with van der Waals surface area (Å²) < 4.78 is 45.9. The molecule has 0 radical (unpaired) electrons. The van der Waals surface area contributed by atoms with E-state index in [1.54, 1.807) is 21.0 Å². The third kappa shape index (κ3) is 8.08. The molecule has 3 aliphatic heterocycles. The summed E-state index contributed by atoms with van der Waals surface area (Å²) in [4.78, 5) is 23.2. The number of aliphatic hydroxyl groups excluding tert-OH is 3. The zero-order valence-corrected chi connectivity index (χ0v) is 23.7. The average Bonchev–Trinajstić information content (AvgIpc) is 2.85. The molecule has 3 aliphatic rings. The van der Waals surface area contributed by atoms with E-state index >= 15 is 0 Å². The number of aliphatic hydroxyl groups is 3. The lowest BCUT2D eigenvalue weighted by Crippen LogP contribution is -2.58. The molecule has 39 heavy (non-hydrogen) atoms. The van der Waals surface area contributed by atoms with Gasteiger partial charge in [-0.3, -0.25) is 9.59 Å². The number of methoxy groups -OCH3 is 1. The third-order valence-corrected chi connectivity index (χ3v) is 7.72. The molecule has 3 heterocycles. The fourth-order valence-corrected chi connectivity index (χ4v) is 5.34. The van der Waals surface area contributed by atoms with Crippen LogP contribution in [0.5, 0.6) is 0 Å². The van der Waals surface area contributed by atoms with Crippen molar-refractivity contribution in [1.82, 2.24) is 0 Å². The molecular formula is C26H44O13. The van der Waals surface area contributed by atoms with Crippen LogP contribution in [0, 0.1) is 5.92 Å².